The van der Waals surface area contributed by atoms with Gasteiger partial charge in [0.15, 0.2) is 5.82 Å². The number of nitrogens with two attached hydrogens (primary N) is 1. The standard InChI is InChI=1S/C19H18F2N4/c1-11-6-7-15-16(8-11)23-18(24-19(15)25-9-12(22)10-25)14-5-3-2-4-13(14)17(20)21/h2-8,12,17H,9-10,22H2,1H3. The Morgan fingerprint density at radius 2 is 1.88 bits per heavy atom. The van der Waals surface area contributed by atoms with Crippen LogP contribution in [-0.4, -0.2) is 29.1 Å². The second-order valence-electron chi connectivity index (χ2n) is 6.44. The van der Waals surface area contributed by atoms with E-state index in [1.54, 1.807) is 18.2 Å². The summed E-state index contributed by atoms with van der Waals surface area (Å²) in [5, 5.41) is 0.913. The molecule has 2 N–H and O–H groups in total. The van der Waals surface area contributed by atoms with Crippen molar-refractivity contribution < 1.29 is 8.78 Å². The molecule has 1 aliphatic heterocycles. The molecule has 2 heterocycles. The Morgan fingerprint density at radius 3 is 2.60 bits per heavy atom. The van der Waals surface area contributed by atoms with Crippen molar-refractivity contribution in [1.82, 2.24) is 9.97 Å². The van der Waals surface area contributed by atoms with Crippen molar-refractivity contribution in [3.63, 3.8) is 0 Å². The lowest BCUT2D eigenvalue weighted by Gasteiger charge is -2.38. The Morgan fingerprint density at radius 1 is 1.12 bits per heavy atom. The summed E-state index contributed by atoms with van der Waals surface area (Å²) in [5.41, 5.74) is 8.03. The Balaban J connectivity index is 1.93. The molecule has 0 amide bonds. The molecule has 4 rings (SSSR count). The first kappa shape index (κ1) is 15.9. The SMILES string of the molecule is Cc1ccc2c(N3CC(N)C3)nc(-c3ccccc3C(F)F)nc2c1. The molecule has 1 aromatic heterocycles. The van der Waals surface area contributed by atoms with Gasteiger partial charge in [0.05, 0.1) is 5.52 Å². The molecule has 0 unspecified atom stereocenters. The van der Waals surface area contributed by atoms with Gasteiger partial charge in [-0.1, -0.05) is 30.3 Å². The van der Waals surface area contributed by atoms with Crippen molar-refractivity contribution in [3.8, 4) is 11.4 Å². The van der Waals surface area contributed by atoms with Crippen molar-refractivity contribution >= 4 is 16.7 Å². The maximum atomic E-state index is 13.4. The van der Waals surface area contributed by atoms with Crippen LogP contribution in [-0.2, 0) is 0 Å². The van der Waals surface area contributed by atoms with Crippen LogP contribution in [0.25, 0.3) is 22.3 Å². The maximum absolute atomic E-state index is 13.4. The molecule has 1 aliphatic rings. The molecule has 1 fully saturated rings. The van der Waals surface area contributed by atoms with Crippen LogP contribution in [0.4, 0.5) is 14.6 Å². The first-order valence-corrected chi connectivity index (χ1v) is 8.19. The van der Waals surface area contributed by atoms with Crippen LogP contribution in [0, 0.1) is 6.92 Å². The van der Waals surface area contributed by atoms with E-state index < -0.39 is 6.43 Å². The fourth-order valence-electron chi connectivity index (χ4n) is 3.16. The number of hydrogen-bond donors (Lipinski definition) is 1. The highest BCUT2D eigenvalue weighted by Gasteiger charge is 2.27. The minimum absolute atomic E-state index is 0.0548. The van der Waals surface area contributed by atoms with E-state index in [1.165, 1.54) is 6.07 Å². The Labute approximate surface area is 144 Å². The molecular weight excluding hydrogens is 322 g/mol. The first-order chi connectivity index (χ1) is 12.0. The minimum atomic E-state index is -2.58. The molecule has 25 heavy (non-hydrogen) atoms. The molecule has 2 aromatic carbocycles. The van der Waals surface area contributed by atoms with Gasteiger partial charge < -0.3 is 10.6 Å². The molecule has 1 saturated heterocycles. The summed E-state index contributed by atoms with van der Waals surface area (Å²) in [5.74, 6) is 1.08. The number of nitrogens with zero attached hydrogens (tertiary/aromatic N) is 3. The fraction of sp³-hybridized carbons (Fsp3) is 0.263. The average molecular weight is 340 g/mol. The van der Waals surface area contributed by atoms with Crippen molar-refractivity contribution in [1.29, 1.82) is 0 Å². The third-order valence-electron chi connectivity index (χ3n) is 4.48. The molecule has 0 radical (unpaired) electrons. The highest BCUT2D eigenvalue weighted by atomic mass is 19.3. The number of aromatic nitrogens is 2. The topological polar surface area (TPSA) is 55.0 Å². The number of rotatable bonds is 3. The van der Waals surface area contributed by atoms with E-state index in [0.717, 1.165) is 22.3 Å². The van der Waals surface area contributed by atoms with Crippen LogP contribution in [0.2, 0.25) is 0 Å². The molecule has 0 spiro atoms. The van der Waals surface area contributed by atoms with E-state index in [9.17, 15) is 8.78 Å². The number of alkyl halides is 2. The largest absolute Gasteiger partial charge is 0.353 e. The normalized spacial score (nSPS) is 15.0. The third-order valence-corrected chi connectivity index (χ3v) is 4.48. The summed E-state index contributed by atoms with van der Waals surface area (Å²) in [6.45, 7) is 3.39. The van der Waals surface area contributed by atoms with Gasteiger partial charge in [-0.15, -0.1) is 0 Å². The summed E-state index contributed by atoms with van der Waals surface area (Å²) in [4.78, 5) is 11.3. The molecule has 0 saturated carbocycles. The van der Waals surface area contributed by atoms with E-state index in [-0.39, 0.29) is 11.6 Å². The second kappa shape index (κ2) is 6.04. The van der Waals surface area contributed by atoms with Crippen molar-refractivity contribution in [2.75, 3.05) is 18.0 Å². The number of anilines is 1. The number of fused-ring (bicyclic) bond motifs is 1. The van der Waals surface area contributed by atoms with Gasteiger partial charge in [0.25, 0.3) is 6.43 Å². The Hall–Kier alpha value is -2.60. The highest BCUT2D eigenvalue weighted by molar-refractivity contribution is 5.92. The zero-order valence-electron chi connectivity index (χ0n) is 13.8. The quantitative estimate of drug-likeness (QED) is 0.790. The Bertz CT molecular complexity index is 936. The van der Waals surface area contributed by atoms with Crippen molar-refractivity contribution in [2.24, 2.45) is 5.73 Å². The summed E-state index contributed by atoms with van der Waals surface area (Å²) in [6.07, 6.45) is -2.58. The molecular formula is C19H18F2N4. The van der Waals surface area contributed by atoms with Gasteiger partial charge in [-0.2, -0.15) is 0 Å². The average Bonchev–Trinajstić information content (AvgIpc) is 2.57. The number of aryl methyl sites for hydroxylation is 1. The maximum Gasteiger partial charge on any atom is 0.264 e. The van der Waals surface area contributed by atoms with Crippen LogP contribution in [0.5, 0.6) is 0 Å². The van der Waals surface area contributed by atoms with E-state index >= 15 is 0 Å². The van der Waals surface area contributed by atoms with Gasteiger partial charge in [-0.05, 0) is 24.6 Å². The predicted molar refractivity (Wildman–Crippen MR) is 94.9 cm³/mol. The minimum Gasteiger partial charge on any atom is -0.353 e. The summed E-state index contributed by atoms with van der Waals surface area (Å²) >= 11 is 0. The van der Waals surface area contributed by atoms with Gasteiger partial charge >= 0.3 is 0 Å². The van der Waals surface area contributed by atoms with E-state index in [4.69, 9.17) is 5.73 Å². The van der Waals surface area contributed by atoms with Crippen LogP contribution in [0.3, 0.4) is 0 Å². The second-order valence-corrected chi connectivity index (χ2v) is 6.44. The van der Waals surface area contributed by atoms with Crippen molar-refractivity contribution in [2.45, 2.75) is 19.4 Å². The monoisotopic (exact) mass is 340 g/mol. The Kier molecular flexibility index (Phi) is 3.84. The molecule has 128 valence electrons. The van der Waals surface area contributed by atoms with Gasteiger partial charge in [0.1, 0.15) is 5.82 Å². The molecule has 6 heteroatoms. The summed E-state index contributed by atoms with van der Waals surface area (Å²) in [7, 11) is 0. The number of benzene rings is 2. The lowest BCUT2D eigenvalue weighted by Crippen LogP contribution is -2.56. The fourth-order valence-corrected chi connectivity index (χ4v) is 3.16. The molecule has 0 atom stereocenters. The van der Waals surface area contributed by atoms with E-state index in [0.29, 0.717) is 24.5 Å². The highest BCUT2D eigenvalue weighted by Crippen LogP contribution is 2.34. The van der Waals surface area contributed by atoms with Gasteiger partial charge in [-0.3, -0.25) is 0 Å². The molecule has 0 bridgehead atoms. The number of halogens is 2. The van der Waals surface area contributed by atoms with Gasteiger partial charge in [-0.25, -0.2) is 18.7 Å². The van der Waals surface area contributed by atoms with E-state index in [1.807, 2.05) is 25.1 Å². The third kappa shape index (κ3) is 2.82. The van der Waals surface area contributed by atoms with Crippen molar-refractivity contribution in [3.05, 3.63) is 53.6 Å². The molecule has 4 nitrogen and oxygen atoms in total. The first-order valence-electron chi connectivity index (χ1n) is 8.19. The lowest BCUT2D eigenvalue weighted by atomic mass is 10.1. The summed E-state index contributed by atoms with van der Waals surface area (Å²) < 4.78 is 26.8. The van der Waals surface area contributed by atoms with Crippen LogP contribution >= 0.6 is 0 Å². The zero-order valence-corrected chi connectivity index (χ0v) is 13.8. The van der Waals surface area contributed by atoms with Gasteiger partial charge in [0, 0.05) is 35.6 Å². The van der Waals surface area contributed by atoms with Crippen LogP contribution in [0.15, 0.2) is 42.5 Å². The zero-order chi connectivity index (χ0) is 17.6. The molecule has 3 aromatic rings. The lowest BCUT2D eigenvalue weighted by molar-refractivity contribution is 0.152. The smallest absolute Gasteiger partial charge is 0.264 e. The summed E-state index contributed by atoms with van der Waals surface area (Å²) in [6, 6.07) is 12.4. The molecule has 0 aliphatic carbocycles. The van der Waals surface area contributed by atoms with Gasteiger partial charge in [0.2, 0.25) is 0 Å². The predicted octanol–water partition coefficient (Wildman–Crippen LogP) is 3.69. The van der Waals surface area contributed by atoms with Crippen LogP contribution < -0.4 is 10.6 Å². The van der Waals surface area contributed by atoms with Crippen LogP contribution in [0.1, 0.15) is 17.6 Å². The number of hydrogen-bond acceptors (Lipinski definition) is 4. The van der Waals surface area contributed by atoms with E-state index in [2.05, 4.69) is 14.9 Å².